The standard InChI is InChI=1S/C15H15BrClNS/c16-12-7-15(19-9-12)8-18-14-5-11(6-14)10-1-3-13(17)4-2-10/h1-4,7,9,11,14,18H,5-6,8H2. The zero-order valence-electron chi connectivity index (χ0n) is 10.4. The van der Waals surface area contributed by atoms with Gasteiger partial charge in [0.05, 0.1) is 0 Å². The van der Waals surface area contributed by atoms with Crippen molar-refractivity contribution in [3.8, 4) is 0 Å². The van der Waals surface area contributed by atoms with Crippen LogP contribution < -0.4 is 5.32 Å². The molecule has 1 aromatic heterocycles. The average molecular weight is 357 g/mol. The summed E-state index contributed by atoms with van der Waals surface area (Å²) in [6.07, 6.45) is 2.46. The van der Waals surface area contributed by atoms with Gasteiger partial charge < -0.3 is 5.32 Å². The average Bonchev–Trinajstić information content (AvgIpc) is 2.75. The Kier molecular flexibility index (Phi) is 4.27. The molecule has 1 heterocycles. The molecule has 1 nitrogen and oxygen atoms in total. The molecule has 1 aliphatic carbocycles. The van der Waals surface area contributed by atoms with Gasteiger partial charge in [0.25, 0.3) is 0 Å². The lowest BCUT2D eigenvalue weighted by atomic mass is 9.76. The summed E-state index contributed by atoms with van der Waals surface area (Å²) >= 11 is 11.2. The highest BCUT2D eigenvalue weighted by atomic mass is 79.9. The highest BCUT2D eigenvalue weighted by Crippen LogP contribution is 2.37. The van der Waals surface area contributed by atoms with Gasteiger partial charge in [-0.25, -0.2) is 0 Å². The molecular weight excluding hydrogens is 342 g/mol. The molecule has 0 amide bonds. The van der Waals surface area contributed by atoms with E-state index in [0.29, 0.717) is 12.0 Å². The number of halogens is 2. The number of benzene rings is 1. The van der Waals surface area contributed by atoms with Gasteiger partial charge in [-0.3, -0.25) is 0 Å². The third kappa shape index (κ3) is 3.40. The van der Waals surface area contributed by atoms with E-state index in [1.807, 2.05) is 12.1 Å². The Morgan fingerprint density at radius 2 is 2.00 bits per heavy atom. The van der Waals surface area contributed by atoms with E-state index < -0.39 is 0 Å². The van der Waals surface area contributed by atoms with Gasteiger partial charge in [0.1, 0.15) is 0 Å². The second-order valence-corrected chi connectivity index (χ2v) is 7.38. The third-order valence-corrected chi connectivity index (χ3v) is 5.62. The van der Waals surface area contributed by atoms with Crippen LogP contribution in [0.1, 0.15) is 29.2 Å². The smallest absolute Gasteiger partial charge is 0.0406 e. The van der Waals surface area contributed by atoms with Crippen LogP contribution in [0.25, 0.3) is 0 Å². The maximum absolute atomic E-state index is 5.91. The molecule has 1 saturated carbocycles. The Bertz CT molecular complexity index is 546. The second-order valence-electron chi connectivity index (χ2n) is 5.03. The van der Waals surface area contributed by atoms with Gasteiger partial charge in [0.15, 0.2) is 0 Å². The number of hydrogen-bond donors (Lipinski definition) is 1. The lowest BCUT2D eigenvalue weighted by molar-refractivity contribution is 0.290. The van der Waals surface area contributed by atoms with E-state index in [0.717, 1.165) is 11.6 Å². The van der Waals surface area contributed by atoms with Crippen molar-refractivity contribution in [1.82, 2.24) is 5.32 Å². The Hall–Kier alpha value is -0.350. The molecule has 1 fully saturated rings. The van der Waals surface area contributed by atoms with Crippen LogP contribution in [0.4, 0.5) is 0 Å². The van der Waals surface area contributed by atoms with E-state index in [9.17, 15) is 0 Å². The van der Waals surface area contributed by atoms with Crippen LogP contribution in [0.15, 0.2) is 40.2 Å². The van der Waals surface area contributed by atoms with Gasteiger partial charge in [-0.1, -0.05) is 23.7 Å². The number of hydrogen-bond acceptors (Lipinski definition) is 2. The van der Waals surface area contributed by atoms with Crippen LogP contribution in [0.3, 0.4) is 0 Å². The first-order valence-electron chi connectivity index (χ1n) is 6.42. The summed E-state index contributed by atoms with van der Waals surface area (Å²) in [4.78, 5) is 1.39. The van der Waals surface area contributed by atoms with Crippen molar-refractivity contribution in [2.24, 2.45) is 0 Å². The van der Waals surface area contributed by atoms with Gasteiger partial charge in [0.2, 0.25) is 0 Å². The molecule has 100 valence electrons. The Morgan fingerprint density at radius 1 is 1.26 bits per heavy atom. The molecule has 0 bridgehead atoms. The minimum absolute atomic E-state index is 0.654. The molecule has 4 heteroatoms. The van der Waals surface area contributed by atoms with Crippen molar-refractivity contribution in [3.63, 3.8) is 0 Å². The Balaban J connectivity index is 1.46. The topological polar surface area (TPSA) is 12.0 Å². The van der Waals surface area contributed by atoms with Gasteiger partial charge >= 0.3 is 0 Å². The summed E-state index contributed by atoms with van der Waals surface area (Å²) in [5, 5.41) is 6.58. The lowest BCUT2D eigenvalue weighted by Gasteiger charge is -2.36. The SMILES string of the molecule is Clc1ccc(C2CC(NCc3cc(Br)cs3)C2)cc1. The molecular formula is C15H15BrClNS. The molecule has 1 aromatic carbocycles. The van der Waals surface area contributed by atoms with Crippen molar-refractivity contribution in [3.05, 3.63) is 55.6 Å². The van der Waals surface area contributed by atoms with E-state index >= 15 is 0 Å². The molecule has 1 aliphatic rings. The van der Waals surface area contributed by atoms with Gasteiger partial charge in [-0.2, -0.15) is 0 Å². The molecule has 0 atom stereocenters. The molecule has 19 heavy (non-hydrogen) atoms. The summed E-state index contributed by atoms with van der Waals surface area (Å²) in [7, 11) is 0. The number of thiophene rings is 1. The minimum atomic E-state index is 0.654. The van der Waals surface area contributed by atoms with Crippen molar-refractivity contribution < 1.29 is 0 Å². The van der Waals surface area contributed by atoms with Crippen LogP contribution in [0, 0.1) is 0 Å². The highest BCUT2D eigenvalue weighted by Gasteiger charge is 2.29. The first-order chi connectivity index (χ1) is 9.20. The third-order valence-electron chi connectivity index (χ3n) is 3.67. The van der Waals surface area contributed by atoms with E-state index in [1.54, 1.807) is 11.3 Å². The minimum Gasteiger partial charge on any atom is -0.309 e. The number of nitrogens with one attached hydrogen (secondary N) is 1. The lowest BCUT2D eigenvalue weighted by Crippen LogP contribution is -2.39. The quantitative estimate of drug-likeness (QED) is 0.794. The van der Waals surface area contributed by atoms with Crippen LogP contribution in [-0.4, -0.2) is 6.04 Å². The Morgan fingerprint density at radius 3 is 2.63 bits per heavy atom. The molecule has 3 rings (SSSR count). The molecule has 0 aliphatic heterocycles. The van der Waals surface area contributed by atoms with E-state index in [4.69, 9.17) is 11.6 Å². The summed E-state index contributed by atoms with van der Waals surface area (Å²) in [5.41, 5.74) is 1.42. The maximum atomic E-state index is 5.91. The Labute approximate surface area is 131 Å². The van der Waals surface area contributed by atoms with Crippen molar-refractivity contribution in [2.45, 2.75) is 31.3 Å². The van der Waals surface area contributed by atoms with E-state index in [2.05, 4.69) is 44.8 Å². The molecule has 0 spiro atoms. The summed E-state index contributed by atoms with van der Waals surface area (Å²) in [6, 6.07) is 11.1. The van der Waals surface area contributed by atoms with Gasteiger partial charge in [-0.15, -0.1) is 11.3 Å². The predicted molar refractivity (Wildman–Crippen MR) is 86.1 cm³/mol. The van der Waals surface area contributed by atoms with E-state index in [-0.39, 0.29) is 0 Å². The molecule has 0 unspecified atom stereocenters. The molecule has 0 saturated heterocycles. The fraction of sp³-hybridized carbons (Fsp3) is 0.333. The van der Waals surface area contributed by atoms with Crippen LogP contribution >= 0.6 is 38.9 Å². The first-order valence-corrected chi connectivity index (χ1v) is 8.47. The maximum Gasteiger partial charge on any atom is 0.0406 e. The van der Waals surface area contributed by atoms with Crippen LogP contribution in [-0.2, 0) is 6.54 Å². The fourth-order valence-corrected chi connectivity index (χ4v) is 4.01. The van der Waals surface area contributed by atoms with Gasteiger partial charge in [0, 0.05) is 32.3 Å². The zero-order valence-corrected chi connectivity index (χ0v) is 13.6. The molecule has 0 radical (unpaired) electrons. The first kappa shape index (κ1) is 13.6. The largest absolute Gasteiger partial charge is 0.309 e. The van der Waals surface area contributed by atoms with Crippen molar-refractivity contribution in [1.29, 1.82) is 0 Å². The molecule has 1 N–H and O–H groups in total. The van der Waals surface area contributed by atoms with Crippen LogP contribution in [0.2, 0.25) is 5.02 Å². The van der Waals surface area contributed by atoms with E-state index in [1.165, 1.54) is 27.8 Å². The summed E-state index contributed by atoms with van der Waals surface area (Å²) in [5.74, 6) is 0.699. The van der Waals surface area contributed by atoms with Crippen LogP contribution in [0.5, 0.6) is 0 Å². The summed E-state index contributed by atoms with van der Waals surface area (Å²) < 4.78 is 1.18. The van der Waals surface area contributed by atoms with Gasteiger partial charge in [-0.05, 0) is 58.5 Å². The van der Waals surface area contributed by atoms with Crippen molar-refractivity contribution >= 4 is 38.9 Å². The van der Waals surface area contributed by atoms with Crippen molar-refractivity contribution in [2.75, 3.05) is 0 Å². The predicted octanol–water partition coefficient (Wildman–Crippen LogP) is 5.20. The fourth-order valence-electron chi connectivity index (χ4n) is 2.48. The molecule has 2 aromatic rings. The summed E-state index contributed by atoms with van der Waals surface area (Å²) in [6.45, 7) is 0.980. The highest BCUT2D eigenvalue weighted by molar-refractivity contribution is 9.10. The second kappa shape index (κ2) is 5.96. The normalized spacial score (nSPS) is 22.2. The monoisotopic (exact) mass is 355 g/mol. The zero-order chi connectivity index (χ0) is 13.2. The number of rotatable bonds is 4.